The number of nitrogens with one attached hydrogen (secondary N) is 1. The summed E-state index contributed by atoms with van der Waals surface area (Å²) in [5.41, 5.74) is 1.47. The molecule has 0 saturated carbocycles. The monoisotopic (exact) mass is 320 g/mol. The van der Waals surface area contributed by atoms with Gasteiger partial charge in [-0.05, 0) is 35.9 Å². The number of anilines is 1. The lowest BCUT2D eigenvalue weighted by Crippen LogP contribution is -2.13. The summed E-state index contributed by atoms with van der Waals surface area (Å²) in [5.74, 6) is 0.270. The van der Waals surface area contributed by atoms with Crippen LogP contribution in [-0.4, -0.2) is 16.0 Å². The molecule has 3 rings (SSSR count). The number of benzene rings is 2. The molecular formula is C19H16N2O3. The number of hydrogen-bond acceptors (Lipinski definition) is 4. The summed E-state index contributed by atoms with van der Waals surface area (Å²) in [6.07, 6.45) is 1.49. The molecule has 0 bridgehead atoms. The number of pyridine rings is 1. The van der Waals surface area contributed by atoms with Crippen LogP contribution in [0.4, 0.5) is 5.82 Å². The van der Waals surface area contributed by atoms with E-state index < -0.39 is 0 Å². The number of aromatic nitrogens is 1. The van der Waals surface area contributed by atoms with Crippen molar-refractivity contribution < 1.29 is 14.6 Å². The predicted molar refractivity (Wildman–Crippen MR) is 91.1 cm³/mol. The highest BCUT2D eigenvalue weighted by molar-refractivity contribution is 6.04. The standard InChI is InChI=1S/C19H16N2O3/c22-17-10-5-11-20-18(17)21-19(23)15-8-4-9-16(12-15)24-13-14-6-2-1-3-7-14/h1-12,22H,13H2,(H,20,21,23). The fourth-order valence-corrected chi connectivity index (χ4v) is 2.14. The summed E-state index contributed by atoms with van der Waals surface area (Å²) >= 11 is 0. The SMILES string of the molecule is O=C(Nc1ncccc1O)c1cccc(OCc2ccccc2)c1. The van der Waals surface area contributed by atoms with Crippen molar-refractivity contribution in [2.24, 2.45) is 0 Å². The van der Waals surface area contributed by atoms with Crippen LogP contribution in [0, 0.1) is 0 Å². The van der Waals surface area contributed by atoms with E-state index in [1.807, 2.05) is 30.3 Å². The van der Waals surface area contributed by atoms with Gasteiger partial charge < -0.3 is 15.2 Å². The Morgan fingerprint density at radius 1 is 1.04 bits per heavy atom. The average Bonchev–Trinajstić information content (AvgIpc) is 2.63. The molecule has 0 aliphatic rings. The second-order valence-corrected chi connectivity index (χ2v) is 5.13. The van der Waals surface area contributed by atoms with Crippen LogP contribution in [0.15, 0.2) is 72.9 Å². The van der Waals surface area contributed by atoms with E-state index >= 15 is 0 Å². The number of amides is 1. The molecular weight excluding hydrogens is 304 g/mol. The van der Waals surface area contributed by atoms with Gasteiger partial charge in [-0.3, -0.25) is 4.79 Å². The van der Waals surface area contributed by atoms with Gasteiger partial charge in [-0.15, -0.1) is 0 Å². The lowest BCUT2D eigenvalue weighted by atomic mass is 10.2. The molecule has 0 radical (unpaired) electrons. The minimum Gasteiger partial charge on any atom is -0.504 e. The van der Waals surface area contributed by atoms with Crippen molar-refractivity contribution in [2.75, 3.05) is 5.32 Å². The van der Waals surface area contributed by atoms with E-state index in [0.717, 1.165) is 5.56 Å². The van der Waals surface area contributed by atoms with E-state index in [4.69, 9.17) is 4.74 Å². The molecule has 2 aromatic carbocycles. The quantitative estimate of drug-likeness (QED) is 0.753. The Morgan fingerprint density at radius 3 is 2.67 bits per heavy atom. The zero-order valence-electron chi connectivity index (χ0n) is 12.8. The molecule has 0 aliphatic heterocycles. The van der Waals surface area contributed by atoms with Crippen molar-refractivity contribution in [3.8, 4) is 11.5 Å². The van der Waals surface area contributed by atoms with Gasteiger partial charge in [-0.1, -0.05) is 36.4 Å². The van der Waals surface area contributed by atoms with E-state index in [1.54, 1.807) is 30.3 Å². The van der Waals surface area contributed by atoms with Crippen LogP contribution in [0.3, 0.4) is 0 Å². The number of ether oxygens (including phenoxy) is 1. The van der Waals surface area contributed by atoms with E-state index in [9.17, 15) is 9.90 Å². The number of nitrogens with zero attached hydrogens (tertiary/aromatic N) is 1. The largest absolute Gasteiger partial charge is 0.504 e. The Labute approximate surface area is 139 Å². The van der Waals surface area contributed by atoms with Crippen LogP contribution in [0.25, 0.3) is 0 Å². The summed E-state index contributed by atoms with van der Waals surface area (Å²) in [5, 5.41) is 12.2. The van der Waals surface area contributed by atoms with Gasteiger partial charge in [0.2, 0.25) is 0 Å². The zero-order chi connectivity index (χ0) is 16.8. The van der Waals surface area contributed by atoms with E-state index in [1.165, 1.54) is 12.3 Å². The first-order valence-electron chi connectivity index (χ1n) is 7.44. The van der Waals surface area contributed by atoms with Crippen LogP contribution in [0.1, 0.15) is 15.9 Å². The minimum absolute atomic E-state index is 0.0812. The Bertz CT molecular complexity index is 835. The third-order valence-corrected chi connectivity index (χ3v) is 3.36. The summed E-state index contributed by atoms with van der Waals surface area (Å²) in [6.45, 7) is 0.424. The summed E-state index contributed by atoms with van der Waals surface area (Å²) < 4.78 is 5.71. The fourth-order valence-electron chi connectivity index (χ4n) is 2.14. The Balaban J connectivity index is 1.68. The Morgan fingerprint density at radius 2 is 1.88 bits per heavy atom. The maximum Gasteiger partial charge on any atom is 0.257 e. The van der Waals surface area contributed by atoms with Crippen molar-refractivity contribution in [3.63, 3.8) is 0 Å². The number of aromatic hydroxyl groups is 1. The molecule has 0 unspecified atom stereocenters. The first kappa shape index (κ1) is 15.6. The average molecular weight is 320 g/mol. The molecule has 0 aliphatic carbocycles. The number of carbonyl (C=O) groups excluding carboxylic acids is 1. The molecule has 5 nitrogen and oxygen atoms in total. The Hall–Kier alpha value is -3.34. The molecule has 1 heterocycles. The van der Waals surface area contributed by atoms with Gasteiger partial charge in [0.15, 0.2) is 11.6 Å². The van der Waals surface area contributed by atoms with Gasteiger partial charge in [-0.25, -0.2) is 4.98 Å². The third kappa shape index (κ3) is 3.89. The van der Waals surface area contributed by atoms with E-state index in [2.05, 4.69) is 10.3 Å². The normalized spacial score (nSPS) is 10.2. The predicted octanol–water partition coefficient (Wildman–Crippen LogP) is 3.62. The number of carbonyl (C=O) groups is 1. The van der Waals surface area contributed by atoms with Crippen molar-refractivity contribution >= 4 is 11.7 Å². The molecule has 2 N–H and O–H groups in total. The molecule has 1 aromatic heterocycles. The number of rotatable bonds is 5. The maximum atomic E-state index is 12.3. The van der Waals surface area contributed by atoms with Gasteiger partial charge in [-0.2, -0.15) is 0 Å². The molecule has 24 heavy (non-hydrogen) atoms. The van der Waals surface area contributed by atoms with Gasteiger partial charge in [0.1, 0.15) is 12.4 Å². The van der Waals surface area contributed by atoms with Gasteiger partial charge in [0.25, 0.3) is 5.91 Å². The van der Waals surface area contributed by atoms with Crippen molar-refractivity contribution in [3.05, 3.63) is 84.1 Å². The lowest BCUT2D eigenvalue weighted by molar-refractivity contribution is 0.102. The molecule has 3 aromatic rings. The van der Waals surface area contributed by atoms with Crippen LogP contribution < -0.4 is 10.1 Å². The smallest absolute Gasteiger partial charge is 0.257 e. The molecule has 0 fully saturated rings. The van der Waals surface area contributed by atoms with Gasteiger partial charge in [0.05, 0.1) is 0 Å². The topological polar surface area (TPSA) is 71.5 Å². The summed E-state index contributed by atoms with van der Waals surface area (Å²) in [7, 11) is 0. The first-order chi connectivity index (χ1) is 11.7. The molecule has 1 amide bonds. The van der Waals surface area contributed by atoms with E-state index in [0.29, 0.717) is 17.9 Å². The first-order valence-corrected chi connectivity index (χ1v) is 7.44. The summed E-state index contributed by atoms with van der Waals surface area (Å²) in [6, 6.07) is 19.7. The molecule has 0 atom stereocenters. The molecule has 5 heteroatoms. The third-order valence-electron chi connectivity index (χ3n) is 3.36. The molecule has 0 saturated heterocycles. The van der Waals surface area contributed by atoms with Crippen LogP contribution in [0.5, 0.6) is 11.5 Å². The maximum absolute atomic E-state index is 12.3. The number of hydrogen-bond donors (Lipinski definition) is 2. The van der Waals surface area contributed by atoms with Crippen molar-refractivity contribution in [2.45, 2.75) is 6.61 Å². The zero-order valence-corrected chi connectivity index (χ0v) is 12.8. The highest BCUT2D eigenvalue weighted by Crippen LogP contribution is 2.20. The minimum atomic E-state index is -0.367. The van der Waals surface area contributed by atoms with E-state index in [-0.39, 0.29) is 17.5 Å². The lowest BCUT2D eigenvalue weighted by Gasteiger charge is -2.09. The highest BCUT2D eigenvalue weighted by atomic mass is 16.5. The van der Waals surface area contributed by atoms with Crippen molar-refractivity contribution in [1.82, 2.24) is 4.98 Å². The van der Waals surface area contributed by atoms with Gasteiger partial charge in [0, 0.05) is 11.8 Å². The molecule has 120 valence electrons. The second-order valence-electron chi connectivity index (χ2n) is 5.13. The van der Waals surface area contributed by atoms with Crippen molar-refractivity contribution in [1.29, 1.82) is 0 Å². The highest BCUT2D eigenvalue weighted by Gasteiger charge is 2.10. The summed E-state index contributed by atoms with van der Waals surface area (Å²) in [4.78, 5) is 16.2. The van der Waals surface area contributed by atoms with Crippen LogP contribution in [-0.2, 0) is 6.61 Å². The second kappa shape index (κ2) is 7.28. The van der Waals surface area contributed by atoms with Crippen LogP contribution >= 0.6 is 0 Å². The Kier molecular flexibility index (Phi) is 4.72. The molecule has 0 spiro atoms. The van der Waals surface area contributed by atoms with Gasteiger partial charge >= 0.3 is 0 Å². The van der Waals surface area contributed by atoms with Crippen LogP contribution in [0.2, 0.25) is 0 Å². The fraction of sp³-hybridized carbons (Fsp3) is 0.0526.